The molecule has 762 valence electrons. The van der Waals surface area contributed by atoms with Gasteiger partial charge in [-0.1, -0.05) is 258 Å². The molecule has 16 nitrogen and oxygen atoms in total. The molecule has 127 heavy (non-hydrogen) atoms. The van der Waals surface area contributed by atoms with E-state index < -0.39 is 125 Å². The Kier molecular flexibility index (Phi) is 71.0. The summed E-state index contributed by atoms with van der Waals surface area (Å²) in [6.07, 6.45) is 36.1. The number of hydrogen-bond acceptors (Lipinski definition) is 15. The lowest BCUT2D eigenvalue weighted by molar-refractivity contribution is -0.870. The van der Waals surface area contributed by atoms with E-state index in [1.165, 1.54) is 129 Å². The molecule has 0 saturated carbocycles. The quantitative estimate of drug-likeness (QED) is 0.0140. The molecule has 0 heterocycles. The lowest BCUT2D eigenvalue weighted by Gasteiger charge is -2.42. The zero-order chi connectivity index (χ0) is 97.1. The normalized spacial score (nSPS) is 14.2. The first-order valence-electron chi connectivity index (χ1n) is 45.1. The van der Waals surface area contributed by atoms with Crippen molar-refractivity contribution in [1.29, 1.82) is 0 Å². The molecule has 3 atom stereocenters. The summed E-state index contributed by atoms with van der Waals surface area (Å²) >= 11 is 0. The Morgan fingerprint density at radius 1 is 0.323 bits per heavy atom. The van der Waals surface area contributed by atoms with Crippen LogP contribution in [0.4, 0.5) is 105 Å². The smallest absolute Gasteiger partial charge is 0.460 e. The van der Waals surface area contributed by atoms with Gasteiger partial charge in [0.25, 0.3) is 7.82 Å². The van der Waals surface area contributed by atoms with Crippen LogP contribution in [0.1, 0.15) is 316 Å². The number of halogens is 24. The number of phosphoric acid groups is 1. The van der Waals surface area contributed by atoms with E-state index in [-0.39, 0.29) is 58.5 Å². The predicted octanol–water partition coefficient (Wildman–Crippen LogP) is 26.8. The van der Waals surface area contributed by atoms with Gasteiger partial charge in [0, 0.05) is 46.9 Å². The first-order valence-corrected chi connectivity index (χ1v) is 46.6. The minimum atomic E-state index is -8.67. The van der Waals surface area contributed by atoms with Crippen molar-refractivity contribution >= 4 is 19.8 Å². The number of nitrogens with zero attached hydrogens (tertiary/aromatic N) is 1. The molecule has 0 amide bonds. The number of ether oxygens (including phenoxy) is 9. The van der Waals surface area contributed by atoms with E-state index in [2.05, 4.69) is 40.2 Å². The molecule has 0 aliphatic carbocycles. The number of phosphoric ester groups is 1. The third kappa shape index (κ3) is 57.3. The van der Waals surface area contributed by atoms with Crippen molar-refractivity contribution in [3.05, 3.63) is 12.2 Å². The van der Waals surface area contributed by atoms with Crippen LogP contribution in [0.25, 0.3) is 0 Å². The van der Waals surface area contributed by atoms with E-state index in [1.807, 2.05) is 28.1 Å². The summed E-state index contributed by atoms with van der Waals surface area (Å²) in [5, 5.41) is 0. The molecule has 0 aliphatic heterocycles. The van der Waals surface area contributed by atoms with Crippen molar-refractivity contribution < 1.29 is 181 Å². The summed E-state index contributed by atoms with van der Waals surface area (Å²) in [5.41, 5.74) is 0. The Labute approximate surface area is 738 Å². The third-order valence-corrected chi connectivity index (χ3v) is 21.1. The van der Waals surface area contributed by atoms with Gasteiger partial charge < -0.3 is 61.1 Å². The zero-order valence-corrected chi connectivity index (χ0v) is 76.9. The van der Waals surface area contributed by atoms with Crippen LogP contribution in [-0.4, -0.2) is 229 Å². The summed E-state index contributed by atoms with van der Waals surface area (Å²) in [5.74, 6) is -69.0. The number of hydrogen-bond donors (Lipinski definition) is 0. The number of esters is 2. The molecule has 0 fully saturated rings. The van der Waals surface area contributed by atoms with Crippen LogP contribution >= 0.6 is 7.82 Å². The second-order valence-electron chi connectivity index (χ2n) is 32.9. The Hall–Kier alpha value is -3.21. The summed E-state index contributed by atoms with van der Waals surface area (Å²) in [7, 11) is 4.05. The minimum Gasteiger partial charge on any atom is -0.756 e. The number of rotatable bonds is 83. The molecule has 0 saturated heterocycles. The zero-order valence-electron chi connectivity index (χ0n) is 76.0. The van der Waals surface area contributed by atoms with Crippen molar-refractivity contribution in [2.75, 3.05) is 134 Å². The van der Waals surface area contributed by atoms with E-state index in [9.17, 15) is 124 Å². The van der Waals surface area contributed by atoms with Gasteiger partial charge in [-0.25, -0.2) is 0 Å². The molecule has 0 N–H and O–H groups in total. The van der Waals surface area contributed by atoms with E-state index in [0.717, 1.165) is 128 Å². The highest BCUT2D eigenvalue weighted by Crippen LogP contribution is 2.64. The number of carbonyl (C=O) groups excluding carboxylic acids is 2. The van der Waals surface area contributed by atoms with Crippen molar-refractivity contribution in [2.45, 2.75) is 394 Å². The SMILES string of the molecule is CCCCCCCC/C=C\CCCCCCCC(=O)OCC(COP(=O)([O-])OCC[N+](C)(C)C)OC(=O)CCCCCCCCCCCCCCCCC.CCCCCCCCCCOC(COCCOC)COCC(F)(F)C(F)(F)C(F)(F)C(F)(F)C(F)(F)C(F)(F)C(F)(F)C(F)(F)F.COCCOCCCCCCCCCCOCC(F)(F)C(F)(F)C(F)(F)F. The summed E-state index contributed by atoms with van der Waals surface area (Å²) in [6.45, 7) is 0.986. The maximum Gasteiger partial charge on any atom is 0.460 e. The van der Waals surface area contributed by atoms with Gasteiger partial charge in [0.15, 0.2) is 6.10 Å². The van der Waals surface area contributed by atoms with Crippen LogP contribution in [-0.2, 0) is 65.8 Å². The second kappa shape index (κ2) is 70.4. The number of carbonyl (C=O) groups is 2. The van der Waals surface area contributed by atoms with Crippen molar-refractivity contribution in [1.82, 2.24) is 0 Å². The average Bonchev–Trinajstić information content (AvgIpc) is 0.694. The predicted molar refractivity (Wildman–Crippen MR) is 435 cm³/mol. The molecular formula is C86H150F24NO15P. The topological polar surface area (TPSA) is 176 Å². The van der Waals surface area contributed by atoms with Gasteiger partial charge >= 0.3 is 77.6 Å². The minimum absolute atomic E-state index is 0.00220. The lowest BCUT2D eigenvalue weighted by Crippen LogP contribution is -2.74. The highest BCUT2D eigenvalue weighted by Gasteiger charge is 2.95. The standard InChI is InChI=1S/C44H86NO8P.C25H35F17O4.C17H29F7O3/c1-6-8-10-12-14-16-18-20-22-24-26-28-30-32-34-36-43(46)50-40-42(41-52-54(48,49)51-39-38-45(3,4)5)53-44(47)37-35-33-31-29-27-25-23-21-19-17-15-13-11-9-7-2;1-3-4-5-6-7-8-9-10-11-46-17(14-44-13-12-43-2)15-45-16-18(26,27)19(28,29)20(30,31)21(32,33)22(34,35)23(36,37)24(38,39)25(40,41)42;1-25-12-13-26-10-8-6-4-2-3-5-7-9-11-27-14-15(18,19)16(20,21)17(22,23)24/h20,22,42H,6-19,21,23-41H2,1-5H3;17H,3-16H2,1-2H3;2-14H2,1H3/b22-20-;;. The largest absolute Gasteiger partial charge is 0.756 e. The molecule has 0 radical (unpaired) electrons. The van der Waals surface area contributed by atoms with Crippen LogP contribution in [0.5, 0.6) is 0 Å². The summed E-state index contributed by atoms with van der Waals surface area (Å²) in [6, 6.07) is 0. The summed E-state index contributed by atoms with van der Waals surface area (Å²) in [4.78, 5) is 37.5. The number of methoxy groups -OCH3 is 2. The first kappa shape index (κ1) is 128. The first-order chi connectivity index (χ1) is 59.3. The van der Waals surface area contributed by atoms with Gasteiger partial charge in [0.1, 0.15) is 39.1 Å². The van der Waals surface area contributed by atoms with Crippen LogP contribution in [0.15, 0.2) is 12.2 Å². The van der Waals surface area contributed by atoms with Gasteiger partial charge in [-0.15, -0.1) is 0 Å². The Balaban J connectivity index is -0.00000191. The second-order valence-corrected chi connectivity index (χ2v) is 34.3. The highest BCUT2D eigenvalue weighted by molar-refractivity contribution is 7.45. The van der Waals surface area contributed by atoms with Gasteiger partial charge in [0.2, 0.25) is 0 Å². The fourth-order valence-corrected chi connectivity index (χ4v) is 12.8. The van der Waals surface area contributed by atoms with Gasteiger partial charge in [-0.05, 0) is 57.8 Å². The fourth-order valence-electron chi connectivity index (χ4n) is 12.0. The Morgan fingerprint density at radius 3 is 1.04 bits per heavy atom. The summed E-state index contributed by atoms with van der Waals surface area (Å²) < 4.78 is 382. The van der Waals surface area contributed by atoms with Crippen LogP contribution in [0.3, 0.4) is 0 Å². The van der Waals surface area contributed by atoms with E-state index in [1.54, 1.807) is 7.11 Å². The van der Waals surface area contributed by atoms with Crippen LogP contribution < -0.4 is 4.89 Å². The fraction of sp³-hybridized carbons (Fsp3) is 0.953. The number of likely N-dealkylation sites (N-methyl/N-ethyl adjacent to an activating group) is 1. The van der Waals surface area contributed by atoms with Crippen molar-refractivity contribution in [3.8, 4) is 0 Å². The maximum atomic E-state index is 14.1. The average molecular weight is 1930 g/mol. The number of unbranched alkanes of at least 4 members (excludes halogenated alkanes) is 39. The third-order valence-electron chi connectivity index (χ3n) is 20.1. The van der Waals surface area contributed by atoms with Gasteiger partial charge in [-0.3, -0.25) is 14.2 Å². The molecule has 0 spiro atoms. The Bertz CT molecular complexity index is 2730. The maximum absolute atomic E-state index is 14.1. The molecule has 0 bridgehead atoms. The van der Waals surface area contributed by atoms with Gasteiger partial charge in [0.05, 0.1) is 67.4 Å². The number of quaternary nitrogens is 1. The molecule has 41 heteroatoms. The van der Waals surface area contributed by atoms with E-state index in [0.29, 0.717) is 63.0 Å². The molecule has 0 rings (SSSR count). The van der Waals surface area contributed by atoms with Crippen molar-refractivity contribution in [3.63, 3.8) is 0 Å². The molecule has 0 aromatic rings. The van der Waals surface area contributed by atoms with Crippen LogP contribution in [0.2, 0.25) is 0 Å². The monoisotopic (exact) mass is 1920 g/mol. The van der Waals surface area contributed by atoms with E-state index in [4.69, 9.17) is 37.5 Å². The molecular weight excluding hydrogens is 1770 g/mol. The molecule has 0 aromatic carbocycles. The Morgan fingerprint density at radius 2 is 0.646 bits per heavy atom. The number of alkyl halides is 24. The van der Waals surface area contributed by atoms with E-state index >= 15 is 0 Å². The highest BCUT2D eigenvalue weighted by atomic mass is 31.2. The van der Waals surface area contributed by atoms with Gasteiger partial charge in [-0.2, -0.15) is 105 Å². The molecule has 0 aromatic heterocycles. The molecule has 0 aliphatic rings. The molecule has 3 unspecified atom stereocenters. The van der Waals surface area contributed by atoms with Crippen LogP contribution in [0, 0.1) is 0 Å². The van der Waals surface area contributed by atoms with Crippen molar-refractivity contribution in [2.24, 2.45) is 0 Å². The number of allylic oxidation sites excluding steroid dienone is 2. The lowest BCUT2D eigenvalue weighted by atomic mass is 9.89.